The first kappa shape index (κ1) is 14.5. The third-order valence-electron chi connectivity index (χ3n) is 3.02. The minimum Gasteiger partial charge on any atom is -0.480 e. The van der Waals surface area contributed by atoms with E-state index < -0.39 is 22.0 Å². The summed E-state index contributed by atoms with van der Waals surface area (Å²) in [5.74, 6) is -1.60. The minimum absolute atomic E-state index is 0.124. The quantitative estimate of drug-likeness (QED) is 0.708. The van der Waals surface area contributed by atoms with Crippen LogP contribution in [-0.2, 0) is 21.2 Å². The van der Waals surface area contributed by atoms with Crippen LogP contribution < -0.4 is 10.0 Å². The third-order valence-corrected chi connectivity index (χ3v) is 4.56. The van der Waals surface area contributed by atoms with Gasteiger partial charge in [0.25, 0.3) is 5.91 Å². The fourth-order valence-electron chi connectivity index (χ4n) is 1.91. The maximum Gasteiger partial charge on any atom is 0.321 e. The van der Waals surface area contributed by atoms with Gasteiger partial charge in [-0.15, -0.1) is 0 Å². The summed E-state index contributed by atoms with van der Waals surface area (Å²) in [6.07, 6.45) is 0.639. The van der Waals surface area contributed by atoms with E-state index >= 15 is 0 Å². The lowest BCUT2D eigenvalue weighted by Crippen LogP contribution is -2.38. The van der Waals surface area contributed by atoms with Gasteiger partial charge in [0.05, 0.1) is 4.90 Å². The summed E-state index contributed by atoms with van der Waals surface area (Å²) in [7, 11) is -3.97. The summed E-state index contributed by atoms with van der Waals surface area (Å²) in [4.78, 5) is 22.3. The predicted molar refractivity (Wildman–Crippen MR) is 69.9 cm³/mol. The molecular weight excluding hydrogens is 284 g/mol. The molecule has 1 amide bonds. The zero-order valence-electron chi connectivity index (χ0n) is 10.7. The maximum absolute atomic E-state index is 12.0. The number of aliphatic carboxylic acids is 1. The highest BCUT2D eigenvalue weighted by molar-refractivity contribution is 7.89. The zero-order chi connectivity index (χ0) is 14.9. The highest BCUT2D eigenvalue weighted by Crippen LogP contribution is 2.19. The van der Waals surface area contributed by atoms with Gasteiger partial charge in [-0.1, -0.05) is 6.07 Å². The van der Waals surface area contributed by atoms with Crippen LogP contribution >= 0.6 is 0 Å². The second kappa shape index (κ2) is 5.22. The van der Waals surface area contributed by atoms with Gasteiger partial charge in [-0.05, 0) is 31.0 Å². The summed E-state index contributed by atoms with van der Waals surface area (Å²) >= 11 is 0. The number of carboxylic acid groups (broad SMARTS) is 1. The second-order valence-corrected chi connectivity index (χ2v) is 6.22. The molecule has 1 aromatic carbocycles. The molecule has 0 saturated carbocycles. The van der Waals surface area contributed by atoms with Crippen molar-refractivity contribution >= 4 is 21.9 Å². The smallest absolute Gasteiger partial charge is 0.321 e. The van der Waals surface area contributed by atoms with Crippen LogP contribution in [0.25, 0.3) is 0 Å². The molecule has 1 heterocycles. The Morgan fingerprint density at radius 1 is 1.45 bits per heavy atom. The van der Waals surface area contributed by atoms with Gasteiger partial charge in [0.1, 0.15) is 6.04 Å². The number of amides is 1. The summed E-state index contributed by atoms with van der Waals surface area (Å²) in [5.41, 5.74) is 1.08. The van der Waals surface area contributed by atoms with E-state index in [1.54, 1.807) is 6.07 Å². The van der Waals surface area contributed by atoms with Crippen molar-refractivity contribution in [3.05, 3.63) is 29.3 Å². The summed E-state index contributed by atoms with van der Waals surface area (Å²) in [6, 6.07) is 2.97. The molecule has 108 valence electrons. The number of nitrogens with one attached hydrogen (secondary N) is 2. The molecule has 2 rings (SSSR count). The number of carbonyl (C=O) groups is 2. The number of hydrogen-bond donors (Lipinski definition) is 3. The number of rotatable bonds is 4. The number of fused-ring (bicyclic) bond motifs is 1. The van der Waals surface area contributed by atoms with E-state index in [4.69, 9.17) is 5.11 Å². The largest absolute Gasteiger partial charge is 0.480 e. The molecule has 0 aromatic heterocycles. The van der Waals surface area contributed by atoms with Crippen LogP contribution in [0.2, 0.25) is 0 Å². The van der Waals surface area contributed by atoms with Crippen LogP contribution in [0.4, 0.5) is 0 Å². The Hall–Kier alpha value is -1.93. The molecule has 8 heteroatoms. The van der Waals surface area contributed by atoms with Gasteiger partial charge >= 0.3 is 5.97 Å². The van der Waals surface area contributed by atoms with E-state index in [1.165, 1.54) is 19.1 Å². The Kier molecular flexibility index (Phi) is 3.78. The normalized spacial score (nSPS) is 16.1. The van der Waals surface area contributed by atoms with Gasteiger partial charge in [0.15, 0.2) is 0 Å². The predicted octanol–water partition coefficient (Wildman–Crippen LogP) is -0.276. The van der Waals surface area contributed by atoms with Crippen LogP contribution in [0.3, 0.4) is 0 Å². The van der Waals surface area contributed by atoms with Crippen molar-refractivity contribution in [1.29, 1.82) is 0 Å². The monoisotopic (exact) mass is 298 g/mol. The average Bonchev–Trinajstić information content (AvgIpc) is 2.38. The van der Waals surface area contributed by atoms with Crippen LogP contribution in [0.5, 0.6) is 0 Å². The molecular formula is C12H14N2O5S. The molecule has 1 aliphatic heterocycles. The molecule has 0 radical (unpaired) electrons. The first-order chi connectivity index (χ1) is 9.31. The Bertz CT molecular complexity index is 668. The molecule has 1 atom stereocenters. The van der Waals surface area contributed by atoms with E-state index in [9.17, 15) is 18.0 Å². The molecule has 0 spiro atoms. The van der Waals surface area contributed by atoms with E-state index in [2.05, 4.69) is 5.32 Å². The van der Waals surface area contributed by atoms with Gasteiger partial charge in [-0.25, -0.2) is 8.42 Å². The van der Waals surface area contributed by atoms with Crippen LogP contribution in [0.1, 0.15) is 22.8 Å². The summed E-state index contributed by atoms with van der Waals surface area (Å²) in [5, 5.41) is 11.4. The van der Waals surface area contributed by atoms with Crippen molar-refractivity contribution in [3.8, 4) is 0 Å². The van der Waals surface area contributed by atoms with Crippen molar-refractivity contribution in [2.45, 2.75) is 24.3 Å². The molecule has 0 aliphatic carbocycles. The molecule has 3 N–H and O–H groups in total. The van der Waals surface area contributed by atoms with Crippen molar-refractivity contribution < 1.29 is 23.1 Å². The van der Waals surface area contributed by atoms with Crippen LogP contribution in [-0.4, -0.2) is 38.0 Å². The van der Waals surface area contributed by atoms with Crippen molar-refractivity contribution in [3.63, 3.8) is 0 Å². The number of hydrogen-bond acceptors (Lipinski definition) is 4. The zero-order valence-corrected chi connectivity index (χ0v) is 11.5. The molecule has 0 bridgehead atoms. The van der Waals surface area contributed by atoms with Crippen molar-refractivity contribution in [2.24, 2.45) is 0 Å². The number of benzene rings is 1. The molecule has 0 saturated heterocycles. The third kappa shape index (κ3) is 2.81. The van der Waals surface area contributed by atoms with E-state index in [1.807, 2.05) is 4.72 Å². The maximum atomic E-state index is 12.0. The Morgan fingerprint density at radius 2 is 2.15 bits per heavy atom. The number of carboxylic acids is 1. The van der Waals surface area contributed by atoms with Crippen LogP contribution in [0.15, 0.2) is 23.1 Å². The van der Waals surface area contributed by atoms with Crippen molar-refractivity contribution in [1.82, 2.24) is 10.0 Å². The van der Waals surface area contributed by atoms with Gasteiger partial charge in [0, 0.05) is 12.1 Å². The Balaban J connectivity index is 2.36. The first-order valence-corrected chi connectivity index (χ1v) is 7.46. The minimum atomic E-state index is -3.97. The Labute approximate surface area is 116 Å². The van der Waals surface area contributed by atoms with Crippen LogP contribution in [0, 0.1) is 0 Å². The molecule has 7 nitrogen and oxygen atoms in total. The van der Waals surface area contributed by atoms with Gasteiger partial charge in [-0.2, -0.15) is 4.72 Å². The highest BCUT2D eigenvalue weighted by atomic mass is 32.2. The first-order valence-electron chi connectivity index (χ1n) is 5.97. The standard InChI is InChI=1S/C12H14N2O5S/c1-7(12(16)17)14-20(18,19)9-3-2-8-4-5-13-11(15)10(8)6-9/h2-3,6-7,14H,4-5H2,1H3,(H,13,15)(H,16,17). The number of sulfonamides is 1. The topological polar surface area (TPSA) is 113 Å². The second-order valence-electron chi connectivity index (χ2n) is 4.51. The number of carbonyl (C=O) groups excluding carboxylic acids is 1. The lowest BCUT2D eigenvalue weighted by molar-refractivity contribution is -0.138. The SMILES string of the molecule is CC(NS(=O)(=O)c1ccc2c(c1)C(=O)NCC2)C(=O)O. The lowest BCUT2D eigenvalue weighted by Gasteiger charge is -2.17. The highest BCUT2D eigenvalue weighted by Gasteiger charge is 2.24. The van der Waals surface area contributed by atoms with Crippen molar-refractivity contribution in [2.75, 3.05) is 6.54 Å². The molecule has 20 heavy (non-hydrogen) atoms. The van der Waals surface area contributed by atoms with Gasteiger partial charge in [0.2, 0.25) is 10.0 Å². The van der Waals surface area contributed by atoms with Gasteiger partial charge in [-0.3, -0.25) is 9.59 Å². The molecule has 1 aliphatic rings. The fourth-order valence-corrected chi connectivity index (χ4v) is 3.13. The molecule has 1 unspecified atom stereocenters. The average molecular weight is 298 g/mol. The molecule has 0 fully saturated rings. The van der Waals surface area contributed by atoms with E-state index in [-0.39, 0.29) is 10.8 Å². The molecule has 1 aromatic rings. The fraction of sp³-hybridized carbons (Fsp3) is 0.333. The summed E-state index contributed by atoms with van der Waals surface area (Å²) < 4.78 is 26.1. The van der Waals surface area contributed by atoms with E-state index in [0.717, 1.165) is 5.56 Å². The lowest BCUT2D eigenvalue weighted by atomic mass is 10.0. The summed E-state index contributed by atoms with van der Waals surface area (Å²) in [6.45, 7) is 1.75. The van der Waals surface area contributed by atoms with E-state index in [0.29, 0.717) is 18.5 Å². The Morgan fingerprint density at radius 3 is 2.80 bits per heavy atom. The van der Waals surface area contributed by atoms with Gasteiger partial charge < -0.3 is 10.4 Å².